The van der Waals surface area contributed by atoms with Crippen molar-refractivity contribution in [1.82, 2.24) is 24.6 Å². The summed E-state index contributed by atoms with van der Waals surface area (Å²) in [6.45, 7) is 3.75. The molecule has 0 saturated heterocycles. The fourth-order valence-electron chi connectivity index (χ4n) is 2.26. The highest BCUT2D eigenvalue weighted by Crippen LogP contribution is 2.24. The zero-order chi connectivity index (χ0) is 13.7. The van der Waals surface area contributed by atoms with Gasteiger partial charge in [-0.2, -0.15) is 4.52 Å². The van der Waals surface area contributed by atoms with E-state index in [1.54, 1.807) is 10.7 Å². The van der Waals surface area contributed by atoms with E-state index in [2.05, 4.69) is 20.1 Å². The SMILES string of the molecule is Cc1nc2c3cccnc3nc(-c3ccc(C)o3)n2n1. The average molecular weight is 265 g/mol. The van der Waals surface area contributed by atoms with Gasteiger partial charge >= 0.3 is 0 Å². The van der Waals surface area contributed by atoms with Crippen LogP contribution in [0.25, 0.3) is 28.3 Å². The van der Waals surface area contributed by atoms with Crippen molar-refractivity contribution in [3.05, 3.63) is 42.0 Å². The van der Waals surface area contributed by atoms with Gasteiger partial charge in [0.1, 0.15) is 11.6 Å². The predicted octanol–water partition coefficient (Wildman–Crippen LogP) is 2.55. The first-order valence-corrected chi connectivity index (χ1v) is 6.27. The van der Waals surface area contributed by atoms with Gasteiger partial charge in [-0.3, -0.25) is 0 Å². The van der Waals surface area contributed by atoms with Crippen molar-refractivity contribution in [1.29, 1.82) is 0 Å². The van der Waals surface area contributed by atoms with Crippen molar-refractivity contribution in [2.75, 3.05) is 0 Å². The van der Waals surface area contributed by atoms with E-state index in [1.807, 2.05) is 38.1 Å². The molecular formula is C14H11N5O. The second kappa shape index (κ2) is 3.86. The van der Waals surface area contributed by atoms with Crippen LogP contribution in [0.1, 0.15) is 11.6 Å². The lowest BCUT2D eigenvalue weighted by Gasteiger charge is -2.03. The van der Waals surface area contributed by atoms with Crippen LogP contribution >= 0.6 is 0 Å². The third-order valence-corrected chi connectivity index (χ3v) is 3.11. The van der Waals surface area contributed by atoms with E-state index in [-0.39, 0.29) is 0 Å². The number of pyridine rings is 1. The number of hydrogen-bond acceptors (Lipinski definition) is 5. The van der Waals surface area contributed by atoms with Gasteiger partial charge in [-0.25, -0.2) is 15.0 Å². The normalized spacial score (nSPS) is 11.5. The lowest BCUT2D eigenvalue weighted by atomic mass is 10.3. The molecule has 6 nitrogen and oxygen atoms in total. The van der Waals surface area contributed by atoms with Crippen molar-refractivity contribution >= 4 is 16.7 Å². The summed E-state index contributed by atoms with van der Waals surface area (Å²) in [6.07, 6.45) is 1.71. The maximum Gasteiger partial charge on any atom is 0.201 e. The number of aryl methyl sites for hydroxylation is 2. The molecule has 0 fully saturated rings. The highest BCUT2D eigenvalue weighted by molar-refractivity contribution is 5.90. The molecule has 4 aromatic rings. The Bertz CT molecular complexity index is 937. The van der Waals surface area contributed by atoms with E-state index < -0.39 is 0 Å². The van der Waals surface area contributed by atoms with Crippen molar-refractivity contribution in [2.24, 2.45) is 0 Å². The van der Waals surface area contributed by atoms with Crippen LogP contribution in [0.4, 0.5) is 0 Å². The van der Waals surface area contributed by atoms with Crippen LogP contribution in [0, 0.1) is 13.8 Å². The molecule has 20 heavy (non-hydrogen) atoms. The van der Waals surface area contributed by atoms with E-state index >= 15 is 0 Å². The lowest BCUT2D eigenvalue weighted by Crippen LogP contribution is -1.99. The van der Waals surface area contributed by atoms with Gasteiger partial charge in [0.15, 0.2) is 17.1 Å². The minimum absolute atomic E-state index is 0.611. The molecule has 0 aromatic carbocycles. The van der Waals surface area contributed by atoms with Gasteiger partial charge in [-0.05, 0) is 38.1 Å². The summed E-state index contributed by atoms with van der Waals surface area (Å²) in [5, 5.41) is 5.28. The molecule has 0 aliphatic rings. The van der Waals surface area contributed by atoms with E-state index in [1.165, 1.54) is 0 Å². The molecule has 4 aromatic heterocycles. The van der Waals surface area contributed by atoms with E-state index in [9.17, 15) is 0 Å². The number of fused-ring (bicyclic) bond motifs is 3. The minimum atomic E-state index is 0.611. The average Bonchev–Trinajstić information content (AvgIpc) is 3.03. The van der Waals surface area contributed by atoms with Gasteiger partial charge in [-0.15, -0.1) is 5.10 Å². The van der Waals surface area contributed by atoms with Crippen LogP contribution in [0.2, 0.25) is 0 Å². The molecule has 0 amide bonds. The van der Waals surface area contributed by atoms with Crippen LogP contribution in [0.3, 0.4) is 0 Å². The van der Waals surface area contributed by atoms with Crippen molar-refractivity contribution in [3.63, 3.8) is 0 Å². The predicted molar refractivity (Wildman–Crippen MR) is 73.3 cm³/mol. The van der Waals surface area contributed by atoms with Crippen LogP contribution in [0.5, 0.6) is 0 Å². The molecule has 0 unspecified atom stereocenters. The van der Waals surface area contributed by atoms with Crippen LogP contribution in [0.15, 0.2) is 34.9 Å². The molecule has 0 radical (unpaired) electrons. The second-order valence-electron chi connectivity index (χ2n) is 4.61. The maximum atomic E-state index is 5.66. The third kappa shape index (κ3) is 1.51. The van der Waals surface area contributed by atoms with Gasteiger partial charge in [0.05, 0.1) is 5.39 Å². The van der Waals surface area contributed by atoms with Crippen molar-refractivity contribution < 1.29 is 4.42 Å². The number of furan rings is 1. The fourth-order valence-corrected chi connectivity index (χ4v) is 2.26. The molecule has 0 aliphatic carbocycles. The number of aromatic nitrogens is 5. The van der Waals surface area contributed by atoms with E-state index in [0.29, 0.717) is 23.1 Å². The number of hydrogen-bond donors (Lipinski definition) is 0. The molecule has 0 atom stereocenters. The standard InChI is InChI=1S/C14H11N5O/c1-8-5-6-11(20-8)14-17-12-10(4-3-7-15-12)13-16-9(2)18-19(13)14/h3-7H,1-2H3. The highest BCUT2D eigenvalue weighted by atomic mass is 16.3. The van der Waals surface area contributed by atoms with Gasteiger partial charge in [0.25, 0.3) is 0 Å². The van der Waals surface area contributed by atoms with E-state index in [0.717, 1.165) is 16.8 Å². The molecule has 98 valence electrons. The monoisotopic (exact) mass is 265 g/mol. The first-order chi connectivity index (χ1) is 9.72. The molecule has 0 bridgehead atoms. The highest BCUT2D eigenvalue weighted by Gasteiger charge is 2.16. The molecule has 4 heterocycles. The summed E-state index contributed by atoms with van der Waals surface area (Å²) in [5.74, 6) is 2.78. The Morgan fingerprint density at radius 2 is 2.00 bits per heavy atom. The smallest absolute Gasteiger partial charge is 0.201 e. The van der Waals surface area contributed by atoms with Crippen molar-refractivity contribution in [3.8, 4) is 11.6 Å². The zero-order valence-electron chi connectivity index (χ0n) is 11.0. The van der Waals surface area contributed by atoms with E-state index in [4.69, 9.17) is 4.42 Å². The largest absolute Gasteiger partial charge is 0.458 e. The van der Waals surface area contributed by atoms with Gasteiger partial charge in [0.2, 0.25) is 5.82 Å². The quantitative estimate of drug-likeness (QED) is 0.529. The number of nitrogens with zero attached hydrogens (tertiary/aromatic N) is 5. The molecular weight excluding hydrogens is 254 g/mol. The van der Waals surface area contributed by atoms with Gasteiger partial charge in [-0.1, -0.05) is 0 Å². The maximum absolute atomic E-state index is 5.66. The molecule has 0 N–H and O–H groups in total. The molecule has 0 aliphatic heterocycles. The Morgan fingerprint density at radius 3 is 2.80 bits per heavy atom. The summed E-state index contributed by atoms with van der Waals surface area (Å²) >= 11 is 0. The second-order valence-corrected chi connectivity index (χ2v) is 4.61. The zero-order valence-corrected chi connectivity index (χ0v) is 11.0. The molecule has 0 saturated carbocycles. The summed E-state index contributed by atoms with van der Waals surface area (Å²) in [7, 11) is 0. The van der Waals surface area contributed by atoms with Crippen LogP contribution < -0.4 is 0 Å². The number of rotatable bonds is 1. The first-order valence-electron chi connectivity index (χ1n) is 6.27. The Labute approximate surface area is 114 Å². The summed E-state index contributed by atoms with van der Waals surface area (Å²) in [5.41, 5.74) is 1.38. The Kier molecular flexibility index (Phi) is 2.14. The Hall–Kier alpha value is -2.76. The Balaban J connectivity index is 2.17. The third-order valence-electron chi connectivity index (χ3n) is 3.11. The van der Waals surface area contributed by atoms with Gasteiger partial charge in [0, 0.05) is 6.20 Å². The Morgan fingerprint density at radius 1 is 1.10 bits per heavy atom. The molecule has 0 spiro atoms. The topological polar surface area (TPSA) is 69.1 Å². The summed E-state index contributed by atoms with van der Waals surface area (Å²) in [4.78, 5) is 13.3. The fraction of sp³-hybridized carbons (Fsp3) is 0.143. The van der Waals surface area contributed by atoms with Crippen LogP contribution in [-0.4, -0.2) is 24.6 Å². The van der Waals surface area contributed by atoms with Gasteiger partial charge < -0.3 is 4.42 Å². The van der Waals surface area contributed by atoms with Crippen LogP contribution in [-0.2, 0) is 0 Å². The molecule has 6 heteroatoms. The minimum Gasteiger partial charge on any atom is -0.458 e. The summed E-state index contributed by atoms with van der Waals surface area (Å²) < 4.78 is 7.36. The summed E-state index contributed by atoms with van der Waals surface area (Å²) in [6, 6.07) is 7.58. The molecule has 4 rings (SSSR count). The lowest BCUT2D eigenvalue weighted by molar-refractivity contribution is 0.542. The first kappa shape index (κ1) is 11.1. The van der Waals surface area contributed by atoms with Crippen molar-refractivity contribution in [2.45, 2.75) is 13.8 Å².